The molecule has 1 aliphatic carbocycles. The molecular weight excluding hydrogens is 484 g/mol. The first kappa shape index (κ1) is 27.0. The van der Waals surface area contributed by atoms with E-state index in [-0.39, 0.29) is 0 Å². The van der Waals surface area contributed by atoms with Crippen molar-refractivity contribution in [2.45, 2.75) is 77.7 Å². The third-order valence-corrected chi connectivity index (χ3v) is 7.81. The van der Waals surface area contributed by atoms with Crippen LogP contribution in [-0.2, 0) is 11.5 Å². The first-order valence-electron chi connectivity index (χ1n) is 12.9. The van der Waals surface area contributed by atoms with Gasteiger partial charge in [-0.3, -0.25) is 0 Å². The van der Waals surface area contributed by atoms with Crippen molar-refractivity contribution in [2.75, 3.05) is 29.1 Å². The Morgan fingerprint density at radius 2 is 1.95 bits per heavy atom. The van der Waals surface area contributed by atoms with Crippen molar-refractivity contribution >= 4 is 48.5 Å². The van der Waals surface area contributed by atoms with Gasteiger partial charge in [0.1, 0.15) is 12.5 Å². The van der Waals surface area contributed by atoms with Crippen molar-refractivity contribution in [2.24, 2.45) is 0 Å². The lowest BCUT2D eigenvalue weighted by atomic mass is 10.1. The minimum atomic E-state index is -1.18. The Kier molecular flexibility index (Phi) is 7.86. The van der Waals surface area contributed by atoms with Crippen LogP contribution in [0.5, 0.6) is 0 Å². The minimum absolute atomic E-state index is 0.330. The molecule has 1 fully saturated rings. The SMILES string of the molecule is Cc1nn(COCC[Si](C)(C)C)c2nc(Nc3cccc(NCC(C)(C)O)c3C=N)nc(NC3CC3)c12. The minimum Gasteiger partial charge on any atom is -0.389 e. The average molecular weight is 525 g/mol. The second-order valence-electron chi connectivity index (χ2n) is 11.6. The quantitative estimate of drug-likeness (QED) is 0.121. The van der Waals surface area contributed by atoms with Crippen molar-refractivity contribution in [3.63, 3.8) is 0 Å². The molecule has 0 radical (unpaired) electrons. The fourth-order valence-corrected chi connectivity index (χ4v) is 4.62. The zero-order valence-electron chi connectivity index (χ0n) is 22.8. The predicted octanol–water partition coefficient (Wildman–Crippen LogP) is 4.95. The van der Waals surface area contributed by atoms with Crippen molar-refractivity contribution in [3.05, 3.63) is 29.5 Å². The second kappa shape index (κ2) is 10.8. The lowest BCUT2D eigenvalue weighted by molar-refractivity contribution is 0.0811. The zero-order valence-corrected chi connectivity index (χ0v) is 23.8. The van der Waals surface area contributed by atoms with E-state index in [1.165, 1.54) is 6.21 Å². The highest BCUT2D eigenvalue weighted by atomic mass is 28.3. The Labute approximate surface area is 219 Å². The van der Waals surface area contributed by atoms with Gasteiger partial charge in [-0.05, 0) is 51.8 Å². The van der Waals surface area contributed by atoms with E-state index < -0.39 is 13.7 Å². The highest BCUT2D eigenvalue weighted by Gasteiger charge is 2.25. The first-order chi connectivity index (χ1) is 17.4. The Hall–Kier alpha value is -3.02. The molecule has 5 N–H and O–H groups in total. The van der Waals surface area contributed by atoms with E-state index in [1.807, 2.05) is 25.1 Å². The summed E-state index contributed by atoms with van der Waals surface area (Å²) in [6.45, 7) is 13.8. The molecule has 11 heteroatoms. The van der Waals surface area contributed by atoms with Gasteiger partial charge in [0, 0.05) is 44.7 Å². The third kappa shape index (κ3) is 7.27. The Bertz CT molecular complexity index is 1260. The molecule has 1 aromatic carbocycles. The summed E-state index contributed by atoms with van der Waals surface area (Å²) in [6.07, 6.45) is 3.53. The monoisotopic (exact) mass is 524 g/mol. The molecule has 200 valence electrons. The molecule has 10 nitrogen and oxygen atoms in total. The van der Waals surface area contributed by atoms with Crippen LogP contribution in [0, 0.1) is 12.3 Å². The van der Waals surface area contributed by atoms with Crippen molar-refractivity contribution in [1.29, 1.82) is 5.41 Å². The predicted molar refractivity (Wildman–Crippen MR) is 153 cm³/mol. The number of nitrogens with one attached hydrogen (secondary N) is 4. The first-order valence-corrected chi connectivity index (χ1v) is 16.6. The van der Waals surface area contributed by atoms with Crippen molar-refractivity contribution in [3.8, 4) is 0 Å². The van der Waals surface area contributed by atoms with E-state index >= 15 is 0 Å². The number of aromatic nitrogens is 4. The van der Waals surface area contributed by atoms with Crippen LogP contribution in [0.15, 0.2) is 18.2 Å². The molecule has 1 aliphatic rings. The van der Waals surface area contributed by atoms with E-state index in [0.29, 0.717) is 48.8 Å². The van der Waals surface area contributed by atoms with E-state index in [4.69, 9.17) is 25.2 Å². The maximum Gasteiger partial charge on any atom is 0.231 e. The Morgan fingerprint density at radius 1 is 1.22 bits per heavy atom. The van der Waals surface area contributed by atoms with Crippen LogP contribution in [0.1, 0.15) is 37.9 Å². The smallest absolute Gasteiger partial charge is 0.231 e. The van der Waals surface area contributed by atoms with Gasteiger partial charge in [-0.15, -0.1) is 0 Å². The molecule has 0 saturated heterocycles. The molecule has 37 heavy (non-hydrogen) atoms. The largest absolute Gasteiger partial charge is 0.389 e. The van der Waals surface area contributed by atoms with E-state index in [1.54, 1.807) is 18.5 Å². The molecule has 0 bridgehead atoms. The summed E-state index contributed by atoms with van der Waals surface area (Å²) in [5, 5.41) is 33.9. The average Bonchev–Trinajstić information content (AvgIpc) is 3.56. The topological polar surface area (TPSA) is 133 Å². The lowest BCUT2D eigenvalue weighted by Crippen LogP contribution is -2.29. The number of ether oxygens (including phenoxy) is 1. The number of benzene rings is 1. The van der Waals surface area contributed by atoms with E-state index in [2.05, 4.69) is 35.6 Å². The molecule has 0 atom stereocenters. The summed E-state index contributed by atoms with van der Waals surface area (Å²) in [6, 6.07) is 7.17. The van der Waals surface area contributed by atoms with Crippen LogP contribution < -0.4 is 16.0 Å². The number of hydrogen-bond acceptors (Lipinski definition) is 9. The van der Waals surface area contributed by atoms with Gasteiger partial charge in [0.15, 0.2) is 5.65 Å². The summed E-state index contributed by atoms with van der Waals surface area (Å²) in [5.41, 5.74) is 2.79. The molecule has 3 aromatic rings. The fraction of sp³-hybridized carbons (Fsp3) is 0.538. The van der Waals surface area contributed by atoms with Gasteiger partial charge in [-0.1, -0.05) is 25.7 Å². The molecule has 4 rings (SSSR count). The van der Waals surface area contributed by atoms with Crippen molar-refractivity contribution in [1.82, 2.24) is 19.7 Å². The van der Waals surface area contributed by atoms with Crippen LogP contribution in [0.2, 0.25) is 25.7 Å². The van der Waals surface area contributed by atoms with Gasteiger partial charge >= 0.3 is 0 Å². The summed E-state index contributed by atoms with van der Waals surface area (Å²) in [5.74, 6) is 1.18. The number of fused-ring (bicyclic) bond motifs is 1. The van der Waals surface area contributed by atoms with Gasteiger partial charge in [-0.25, -0.2) is 4.68 Å². The van der Waals surface area contributed by atoms with Crippen LogP contribution in [0.3, 0.4) is 0 Å². The number of hydrogen-bond donors (Lipinski definition) is 5. The molecule has 1 saturated carbocycles. The summed E-state index contributed by atoms with van der Waals surface area (Å²) in [7, 11) is -1.18. The molecule has 0 spiro atoms. The maximum absolute atomic E-state index is 10.1. The molecular formula is C26H40N8O2Si. The van der Waals surface area contributed by atoms with Crippen LogP contribution in [-0.4, -0.2) is 63.9 Å². The van der Waals surface area contributed by atoms with Gasteiger partial charge in [0.2, 0.25) is 5.95 Å². The Morgan fingerprint density at radius 3 is 2.59 bits per heavy atom. The van der Waals surface area contributed by atoms with E-state index in [9.17, 15) is 5.11 Å². The standard InChI is InChI=1S/C26H40N8O2Si/c1-17-22-23(29-18-10-11-18)31-25(32-24(22)34(33-17)16-36-12-13-37(4,5)6)30-21-9-7-8-20(19(21)14-27)28-15-26(2,3)35/h7-9,14,18,27-28,35H,10-13,15-16H2,1-6H3,(H2,29,30,31,32). The number of aryl methyl sites for hydroxylation is 1. The van der Waals surface area contributed by atoms with Gasteiger partial charge in [0.25, 0.3) is 0 Å². The molecule has 2 aromatic heterocycles. The van der Waals surface area contributed by atoms with Crippen LogP contribution in [0.25, 0.3) is 11.0 Å². The van der Waals surface area contributed by atoms with Gasteiger partial charge in [-0.2, -0.15) is 15.1 Å². The number of aliphatic hydroxyl groups is 1. The Balaban J connectivity index is 1.65. The zero-order chi connectivity index (χ0) is 26.8. The number of anilines is 4. The third-order valence-electron chi connectivity index (χ3n) is 6.10. The second-order valence-corrected chi connectivity index (χ2v) is 17.3. The summed E-state index contributed by atoms with van der Waals surface area (Å²) in [4.78, 5) is 9.64. The highest BCUT2D eigenvalue weighted by Crippen LogP contribution is 2.32. The van der Waals surface area contributed by atoms with Crippen LogP contribution in [0.4, 0.5) is 23.1 Å². The van der Waals surface area contributed by atoms with Gasteiger partial charge in [0.05, 0.1) is 22.4 Å². The lowest BCUT2D eigenvalue weighted by Gasteiger charge is -2.20. The van der Waals surface area contributed by atoms with E-state index in [0.717, 1.165) is 41.5 Å². The number of nitrogens with zero attached hydrogens (tertiary/aromatic N) is 4. The highest BCUT2D eigenvalue weighted by molar-refractivity contribution is 6.76. The van der Waals surface area contributed by atoms with Crippen molar-refractivity contribution < 1.29 is 9.84 Å². The summed E-state index contributed by atoms with van der Waals surface area (Å²) >= 11 is 0. The van der Waals surface area contributed by atoms with Gasteiger partial charge < -0.3 is 31.2 Å². The molecule has 0 aliphatic heterocycles. The van der Waals surface area contributed by atoms with Crippen LogP contribution >= 0.6 is 0 Å². The normalized spacial score (nSPS) is 14.1. The number of rotatable bonds is 13. The fourth-order valence-electron chi connectivity index (χ4n) is 3.86. The molecule has 2 heterocycles. The molecule has 0 unspecified atom stereocenters. The summed E-state index contributed by atoms with van der Waals surface area (Å²) < 4.78 is 7.79. The maximum atomic E-state index is 10.1. The molecule has 0 amide bonds.